The maximum atomic E-state index is 2.41. The van der Waals surface area contributed by atoms with Gasteiger partial charge in [0.2, 0.25) is 0 Å². The van der Waals surface area contributed by atoms with Gasteiger partial charge < -0.3 is 0 Å². The summed E-state index contributed by atoms with van der Waals surface area (Å²) < 4.78 is 0. The van der Waals surface area contributed by atoms with E-state index in [-0.39, 0.29) is 0 Å². The second-order valence-electron chi connectivity index (χ2n) is 4.36. The molecule has 3 atom stereocenters. The van der Waals surface area contributed by atoms with Crippen LogP contribution in [0.2, 0.25) is 0 Å². The highest BCUT2D eigenvalue weighted by atomic mass is 14.3. The standard InChI is InChI=1S/C11H21/c1-8-6-5-7-9(2)11(4)10(8)3/h8,10-11H,5-7H2,1-4H3. The van der Waals surface area contributed by atoms with Crippen LogP contribution in [0.5, 0.6) is 0 Å². The predicted molar refractivity (Wildman–Crippen MR) is 50.3 cm³/mol. The van der Waals surface area contributed by atoms with Crippen molar-refractivity contribution in [3.63, 3.8) is 0 Å². The topological polar surface area (TPSA) is 0 Å². The maximum absolute atomic E-state index is 2.41. The molecule has 0 aliphatic heterocycles. The van der Waals surface area contributed by atoms with Crippen molar-refractivity contribution in [3.8, 4) is 0 Å². The average molecular weight is 153 g/mol. The molecule has 1 rings (SSSR count). The van der Waals surface area contributed by atoms with Crippen LogP contribution >= 0.6 is 0 Å². The number of hydrogen-bond acceptors (Lipinski definition) is 0. The fourth-order valence-electron chi connectivity index (χ4n) is 2.14. The van der Waals surface area contributed by atoms with Crippen LogP contribution in [0.4, 0.5) is 0 Å². The molecule has 1 saturated carbocycles. The van der Waals surface area contributed by atoms with Crippen LogP contribution in [-0.4, -0.2) is 0 Å². The molecule has 1 radical (unpaired) electrons. The highest BCUT2D eigenvalue weighted by Gasteiger charge is 2.26. The van der Waals surface area contributed by atoms with Crippen molar-refractivity contribution in [1.29, 1.82) is 0 Å². The third kappa shape index (κ3) is 1.98. The highest BCUT2D eigenvalue weighted by Crippen LogP contribution is 2.37. The van der Waals surface area contributed by atoms with Gasteiger partial charge in [0.1, 0.15) is 0 Å². The Morgan fingerprint density at radius 2 is 1.82 bits per heavy atom. The van der Waals surface area contributed by atoms with E-state index in [0.29, 0.717) is 0 Å². The summed E-state index contributed by atoms with van der Waals surface area (Å²) in [6.07, 6.45) is 4.22. The SMILES string of the molecule is C[C]1CCCC(C)C(C)C1C. The lowest BCUT2D eigenvalue weighted by molar-refractivity contribution is 0.297. The van der Waals surface area contributed by atoms with E-state index in [4.69, 9.17) is 0 Å². The van der Waals surface area contributed by atoms with E-state index in [1.54, 1.807) is 5.92 Å². The van der Waals surface area contributed by atoms with Crippen molar-refractivity contribution in [2.24, 2.45) is 17.8 Å². The van der Waals surface area contributed by atoms with E-state index in [0.717, 1.165) is 17.8 Å². The molecule has 0 heterocycles. The maximum Gasteiger partial charge on any atom is -0.0241 e. The Bertz CT molecular complexity index is 103. The van der Waals surface area contributed by atoms with Crippen molar-refractivity contribution in [1.82, 2.24) is 0 Å². The minimum absolute atomic E-state index is 0.854. The van der Waals surface area contributed by atoms with Gasteiger partial charge in [-0.15, -0.1) is 0 Å². The van der Waals surface area contributed by atoms with Crippen LogP contribution in [-0.2, 0) is 0 Å². The monoisotopic (exact) mass is 153 g/mol. The highest BCUT2D eigenvalue weighted by molar-refractivity contribution is 4.95. The Balaban J connectivity index is 2.58. The zero-order chi connectivity index (χ0) is 8.43. The quantitative estimate of drug-likeness (QED) is 0.466. The molecule has 0 aromatic heterocycles. The van der Waals surface area contributed by atoms with Crippen molar-refractivity contribution in [2.75, 3.05) is 0 Å². The Kier molecular flexibility index (Phi) is 2.98. The molecule has 0 heteroatoms. The molecule has 0 spiro atoms. The van der Waals surface area contributed by atoms with Gasteiger partial charge in [-0.2, -0.15) is 0 Å². The summed E-state index contributed by atoms with van der Waals surface area (Å²) >= 11 is 0. The molecule has 0 N–H and O–H groups in total. The zero-order valence-corrected chi connectivity index (χ0v) is 8.35. The molecular weight excluding hydrogens is 132 g/mol. The van der Waals surface area contributed by atoms with Crippen LogP contribution in [0, 0.1) is 23.7 Å². The Morgan fingerprint density at radius 1 is 1.18 bits per heavy atom. The first-order valence-electron chi connectivity index (χ1n) is 4.95. The van der Waals surface area contributed by atoms with Gasteiger partial charge in [0.15, 0.2) is 0 Å². The molecule has 3 unspecified atom stereocenters. The van der Waals surface area contributed by atoms with Crippen molar-refractivity contribution in [3.05, 3.63) is 5.92 Å². The first kappa shape index (κ1) is 9.09. The normalized spacial score (nSPS) is 42.0. The van der Waals surface area contributed by atoms with Crippen molar-refractivity contribution < 1.29 is 0 Å². The van der Waals surface area contributed by atoms with Crippen LogP contribution in [0.3, 0.4) is 0 Å². The Hall–Kier alpha value is 0. The molecular formula is C11H21. The lowest BCUT2D eigenvalue weighted by Gasteiger charge is -2.25. The van der Waals surface area contributed by atoms with E-state index < -0.39 is 0 Å². The Morgan fingerprint density at radius 3 is 2.45 bits per heavy atom. The third-order valence-corrected chi connectivity index (χ3v) is 3.69. The molecule has 1 aliphatic carbocycles. The van der Waals surface area contributed by atoms with Gasteiger partial charge in [-0.05, 0) is 30.1 Å². The van der Waals surface area contributed by atoms with Crippen LogP contribution in [0.15, 0.2) is 0 Å². The Labute approximate surface area is 71.4 Å². The zero-order valence-electron chi connectivity index (χ0n) is 8.35. The summed E-state index contributed by atoms with van der Waals surface area (Å²) in [5.74, 6) is 4.41. The summed E-state index contributed by atoms with van der Waals surface area (Å²) in [5, 5.41) is 0. The van der Waals surface area contributed by atoms with E-state index in [1.807, 2.05) is 0 Å². The van der Waals surface area contributed by atoms with E-state index in [1.165, 1.54) is 19.3 Å². The fraction of sp³-hybridized carbons (Fsp3) is 0.909. The second-order valence-corrected chi connectivity index (χ2v) is 4.36. The van der Waals surface area contributed by atoms with E-state index in [9.17, 15) is 0 Å². The van der Waals surface area contributed by atoms with E-state index >= 15 is 0 Å². The van der Waals surface area contributed by atoms with Gasteiger partial charge in [-0.1, -0.05) is 40.5 Å². The number of hydrogen-bond donors (Lipinski definition) is 0. The third-order valence-electron chi connectivity index (χ3n) is 3.69. The van der Waals surface area contributed by atoms with Crippen LogP contribution in [0.1, 0.15) is 47.0 Å². The van der Waals surface area contributed by atoms with Crippen molar-refractivity contribution in [2.45, 2.75) is 47.0 Å². The minimum Gasteiger partial charge on any atom is -0.0622 e. The molecule has 1 aliphatic rings. The molecule has 0 bridgehead atoms. The summed E-state index contributed by atoms with van der Waals surface area (Å²) in [6, 6.07) is 0. The lowest BCUT2D eigenvalue weighted by atomic mass is 9.80. The average Bonchev–Trinajstić information content (AvgIpc) is 2.07. The van der Waals surface area contributed by atoms with Gasteiger partial charge in [0, 0.05) is 0 Å². The minimum atomic E-state index is 0.854. The van der Waals surface area contributed by atoms with Gasteiger partial charge in [0.25, 0.3) is 0 Å². The molecule has 65 valence electrons. The van der Waals surface area contributed by atoms with Crippen LogP contribution < -0.4 is 0 Å². The first-order chi connectivity index (χ1) is 5.13. The molecule has 0 saturated heterocycles. The van der Waals surface area contributed by atoms with Gasteiger partial charge in [-0.3, -0.25) is 0 Å². The molecule has 1 fully saturated rings. The van der Waals surface area contributed by atoms with Crippen molar-refractivity contribution >= 4 is 0 Å². The number of rotatable bonds is 0. The second kappa shape index (κ2) is 3.60. The van der Waals surface area contributed by atoms with Crippen LogP contribution in [0.25, 0.3) is 0 Å². The molecule has 0 aromatic rings. The fourth-order valence-corrected chi connectivity index (χ4v) is 2.14. The largest absolute Gasteiger partial charge is 0.0622 e. The van der Waals surface area contributed by atoms with Gasteiger partial charge >= 0.3 is 0 Å². The summed E-state index contributed by atoms with van der Waals surface area (Å²) in [5.41, 5.74) is 0. The first-order valence-corrected chi connectivity index (χ1v) is 4.95. The van der Waals surface area contributed by atoms with Gasteiger partial charge in [-0.25, -0.2) is 0 Å². The summed E-state index contributed by atoms with van der Waals surface area (Å²) in [4.78, 5) is 0. The lowest BCUT2D eigenvalue weighted by Crippen LogP contribution is -2.17. The predicted octanol–water partition coefficient (Wildman–Crippen LogP) is 3.67. The molecule has 11 heavy (non-hydrogen) atoms. The summed E-state index contributed by atoms with van der Waals surface area (Å²) in [6.45, 7) is 9.53. The summed E-state index contributed by atoms with van der Waals surface area (Å²) in [7, 11) is 0. The molecule has 0 amide bonds. The molecule has 0 nitrogen and oxygen atoms in total. The van der Waals surface area contributed by atoms with E-state index in [2.05, 4.69) is 27.7 Å². The van der Waals surface area contributed by atoms with Gasteiger partial charge in [0.05, 0.1) is 0 Å². The smallest absolute Gasteiger partial charge is 0.0241 e. The molecule has 0 aromatic carbocycles.